The second-order valence-electron chi connectivity index (χ2n) is 6.15. The van der Waals surface area contributed by atoms with Crippen molar-refractivity contribution in [2.75, 3.05) is 45.9 Å². The van der Waals surface area contributed by atoms with E-state index in [9.17, 15) is 0 Å². The normalized spacial score (nSPS) is 38.2. The quantitative estimate of drug-likeness (QED) is 0.793. The highest BCUT2D eigenvalue weighted by molar-refractivity contribution is 4.95. The van der Waals surface area contributed by atoms with Gasteiger partial charge in [0, 0.05) is 38.3 Å². The highest BCUT2D eigenvalue weighted by Crippen LogP contribution is 2.37. The number of morpholine rings is 1. The first-order valence-electron chi connectivity index (χ1n) is 7.62. The predicted octanol–water partition coefficient (Wildman–Crippen LogP) is 0.520. The lowest BCUT2D eigenvalue weighted by atomic mass is 9.91. The summed E-state index contributed by atoms with van der Waals surface area (Å²) in [6, 6.07) is 1.66. The van der Waals surface area contributed by atoms with Gasteiger partial charge in [-0.15, -0.1) is 0 Å². The van der Waals surface area contributed by atoms with E-state index in [2.05, 4.69) is 9.80 Å². The lowest BCUT2D eigenvalue weighted by Gasteiger charge is -2.40. The molecule has 4 nitrogen and oxygen atoms in total. The van der Waals surface area contributed by atoms with Gasteiger partial charge in [-0.05, 0) is 38.1 Å². The SMILES string of the molecule is NCC1CC2CCC(C1)N2CCN1CCOCC1. The van der Waals surface area contributed by atoms with Crippen LogP contribution in [-0.2, 0) is 4.74 Å². The van der Waals surface area contributed by atoms with Crippen LogP contribution in [0.3, 0.4) is 0 Å². The van der Waals surface area contributed by atoms with Gasteiger partial charge in [0.15, 0.2) is 0 Å². The monoisotopic (exact) mass is 253 g/mol. The van der Waals surface area contributed by atoms with Crippen molar-refractivity contribution >= 4 is 0 Å². The summed E-state index contributed by atoms with van der Waals surface area (Å²) in [5.74, 6) is 0.794. The average Bonchev–Trinajstić information content (AvgIpc) is 2.66. The molecule has 104 valence electrons. The van der Waals surface area contributed by atoms with Crippen molar-refractivity contribution in [2.45, 2.75) is 37.8 Å². The van der Waals surface area contributed by atoms with E-state index in [1.807, 2.05) is 0 Å². The summed E-state index contributed by atoms with van der Waals surface area (Å²) in [4.78, 5) is 5.33. The molecule has 3 rings (SSSR count). The van der Waals surface area contributed by atoms with Crippen LogP contribution in [0.15, 0.2) is 0 Å². The topological polar surface area (TPSA) is 41.7 Å². The smallest absolute Gasteiger partial charge is 0.0594 e. The first kappa shape index (κ1) is 12.9. The zero-order chi connectivity index (χ0) is 12.4. The minimum Gasteiger partial charge on any atom is -0.379 e. The Hall–Kier alpha value is -0.160. The number of fused-ring (bicyclic) bond motifs is 2. The third-order valence-corrected chi connectivity index (χ3v) is 5.09. The van der Waals surface area contributed by atoms with Crippen LogP contribution in [0.2, 0.25) is 0 Å². The van der Waals surface area contributed by atoms with Gasteiger partial charge in [0.2, 0.25) is 0 Å². The molecule has 0 amide bonds. The van der Waals surface area contributed by atoms with Crippen LogP contribution in [0.25, 0.3) is 0 Å². The zero-order valence-electron chi connectivity index (χ0n) is 11.4. The Labute approximate surface area is 110 Å². The zero-order valence-corrected chi connectivity index (χ0v) is 11.4. The molecule has 3 aliphatic heterocycles. The molecule has 0 saturated carbocycles. The molecule has 0 aliphatic carbocycles. The third kappa shape index (κ3) is 2.72. The van der Waals surface area contributed by atoms with Crippen LogP contribution in [0.4, 0.5) is 0 Å². The van der Waals surface area contributed by atoms with Crippen LogP contribution < -0.4 is 5.73 Å². The number of rotatable bonds is 4. The first-order chi connectivity index (χ1) is 8.86. The molecule has 2 N–H and O–H groups in total. The van der Waals surface area contributed by atoms with E-state index < -0.39 is 0 Å². The standard InChI is InChI=1S/C14H27N3O/c15-11-12-9-13-1-2-14(10-12)17(13)4-3-16-5-7-18-8-6-16/h12-14H,1-11,15H2. The number of piperidine rings is 1. The molecule has 0 spiro atoms. The Bertz CT molecular complexity index is 254. The van der Waals surface area contributed by atoms with E-state index in [-0.39, 0.29) is 0 Å². The molecule has 0 aromatic heterocycles. The highest BCUT2D eigenvalue weighted by Gasteiger charge is 2.39. The fourth-order valence-corrected chi connectivity index (χ4v) is 4.03. The van der Waals surface area contributed by atoms with Crippen LogP contribution >= 0.6 is 0 Å². The van der Waals surface area contributed by atoms with Crippen molar-refractivity contribution in [2.24, 2.45) is 11.7 Å². The molecule has 3 saturated heterocycles. The van der Waals surface area contributed by atoms with Crippen LogP contribution in [0, 0.1) is 5.92 Å². The van der Waals surface area contributed by atoms with E-state index in [0.29, 0.717) is 0 Å². The summed E-state index contributed by atoms with van der Waals surface area (Å²) in [5, 5.41) is 0. The Balaban J connectivity index is 1.48. The summed E-state index contributed by atoms with van der Waals surface area (Å²) in [6.07, 6.45) is 5.50. The summed E-state index contributed by atoms with van der Waals surface area (Å²) in [5.41, 5.74) is 5.85. The summed E-state index contributed by atoms with van der Waals surface area (Å²) in [7, 11) is 0. The minimum absolute atomic E-state index is 0.794. The van der Waals surface area contributed by atoms with Gasteiger partial charge in [0.25, 0.3) is 0 Å². The number of hydrogen-bond acceptors (Lipinski definition) is 4. The van der Waals surface area contributed by atoms with Crippen molar-refractivity contribution < 1.29 is 4.74 Å². The number of ether oxygens (including phenoxy) is 1. The molecule has 3 aliphatic rings. The number of hydrogen-bond donors (Lipinski definition) is 1. The van der Waals surface area contributed by atoms with Crippen molar-refractivity contribution in [1.29, 1.82) is 0 Å². The number of nitrogens with zero attached hydrogens (tertiary/aromatic N) is 2. The third-order valence-electron chi connectivity index (χ3n) is 5.09. The Morgan fingerprint density at radius 3 is 2.28 bits per heavy atom. The lowest BCUT2D eigenvalue weighted by molar-refractivity contribution is 0.0245. The minimum atomic E-state index is 0.794. The van der Waals surface area contributed by atoms with Crippen LogP contribution in [0.1, 0.15) is 25.7 Å². The van der Waals surface area contributed by atoms with Gasteiger partial charge in [-0.3, -0.25) is 9.80 Å². The van der Waals surface area contributed by atoms with Gasteiger partial charge in [0.05, 0.1) is 13.2 Å². The summed E-state index contributed by atoms with van der Waals surface area (Å²) in [6.45, 7) is 7.45. The van der Waals surface area contributed by atoms with Gasteiger partial charge in [0.1, 0.15) is 0 Å². The van der Waals surface area contributed by atoms with Crippen molar-refractivity contribution in [3.8, 4) is 0 Å². The number of nitrogens with two attached hydrogens (primary N) is 1. The fourth-order valence-electron chi connectivity index (χ4n) is 4.03. The highest BCUT2D eigenvalue weighted by atomic mass is 16.5. The molecule has 2 atom stereocenters. The molecule has 18 heavy (non-hydrogen) atoms. The molecule has 2 bridgehead atoms. The van der Waals surface area contributed by atoms with E-state index in [0.717, 1.165) is 50.8 Å². The van der Waals surface area contributed by atoms with Crippen molar-refractivity contribution in [3.05, 3.63) is 0 Å². The average molecular weight is 253 g/mol. The molecule has 3 fully saturated rings. The molecule has 0 radical (unpaired) electrons. The Morgan fingerprint density at radius 1 is 1.00 bits per heavy atom. The maximum Gasteiger partial charge on any atom is 0.0594 e. The van der Waals surface area contributed by atoms with E-state index >= 15 is 0 Å². The van der Waals surface area contributed by atoms with Gasteiger partial charge in [-0.25, -0.2) is 0 Å². The van der Waals surface area contributed by atoms with E-state index in [4.69, 9.17) is 10.5 Å². The lowest BCUT2D eigenvalue weighted by Crippen LogP contribution is -2.48. The maximum atomic E-state index is 5.85. The maximum absolute atomic E-state index is 5.85. The van der Waals surface area contributed by atoms with Crippen LogP contribution in [0.5, 0.6) is 0 Å². The Morgan fingerprint density at radius 2 is 1.67 bits per heavy atom. The second-order valence-corrected chi connectivity index (χ2v) is 6.15. The van der Waals surface area contributed by atoms with Gasteiger partial charge in [-0.2, -0.15) is 0 Å². The summed E-state index contributed by atoms with van der Waals surface area (Å²) >= 11 is 0. The Kier molecular flexibility index (Phi) is 4.19. The summed E-state index contributed by atoms with van der Waals surface area (Å²) < 4.78 is 5.41. The van der Waals surface area contributed by atoms with Gasteiger partial charge in [-0.1, -0.05) is 0 Å². The molecule has 3 heterocycles. The molecule has 0 aromatic carbocycles. The van der Waals surface area contributed by atoms with Crippen LogP contribution in [-0.4, -0.2) is 67.8 Å². The van der Waals surface area contributed by atoms with Crippen molar-refractivity contribution in [1.82, 2.24) is 9.80 Å². The largest absolute Gasteiger partial charge is 0.379 e. The van der Waals surface area contributed by atoms with Crippen molar-refractivity contribution in [3.63, 3.8) is 0 Å². The van der Waals surface area contributed by atoms with Gasteiger partial charge >= 0.3 is 0 Å². The molecule has 4 heteroatoms. The van der Waals surface area contributed by atoms with E-state index in [1.54, 1.807) is 0 Å². The molecule has 0 aromatic rings. The predicted molar refractivity (Wildman–Crippen MR) is 72.6 cm³/mol. The second kappa shape index (κ2) is 5.87. The molecular weight excluding hydrogens is 226 g/mol. The first-order valence-corrected chi connectivity index (χ1v) is 7.62. The molecule has 2 unspecified atom stereocenters. The fraction of sp³-hybridized carbons (Fsp3) is 1.00. The van der Waals surface area contributed by atoms with Gasteiger partial charge < -0.3 is 10.5 Å². The van der Waals surface area contributed by atoms with E-state index in [1.165, 1.54) is 38.8 Å². The molecular formula is C14H27N3O.